The lowest BCUT2D eigenvalue weighted by Gasteiger charge is -2.13. The van der Waals surface area contributed by atoms with Crippen LogP contribution in [0, 0.1) is 0 Å². The van der Waals surface area contributed by atoms with Crippen LogP contribution >= 0.6 is 0 Å². The SMILES string of the molecule is CCOC(=O)c1[nH]c(C=C2C(=O)Nc3ccc(C(=O)O)cc32)c2c1CCCC2. The molecule has 0 radical (unpaired) electrons. The monoisotopic (exact) mass is 380 g/mol. The van der Waals surface area contributed by atoms with Gasteiger partial charge in [-0.15, -0.1) is 0 Å². The number of benzene rings is 1. The number of ether oxygens (including phenoxy) is 1. The summed E-state index contributed by atoms with van der Waals surface area (Å²) in [5.41, 5.74) is 4.74. The average molecular weight is 380 g/mol. The molecule has 0 fully saturated rings. The number of nitrogens with one attached hydrogen (secondary N) is 2. The Morgan fingerprint density at radius 1 is 1.21 bits per heavy atom. The summed E-state index contributed by atoms with van der Waals surface area (Å²) in [6.07, 6.45) is 5.32. The largest absolute Gasteiger partial charge is 0.478 e. The lowest BCUT2D eigenvalue weighted by atomic mass is 9.91. The first kappa shape index (κ1) is 18.0. The number of H-pyrrole nitrogens is 1. The highest BCUT2D eigenvalue weighted by Gasteiger charge is 2.28. The minimum Gasteiger partial charge on any atom is -0.478 e. The number of aromatic nitrogens is 1. The summed E-state index contributed by atoms with van der Waals surface area (Å²) in [6.45, 7) is 2.05. The second-order valence-electron chi connectivity index (χ2n) is 6.88. The van der Waals surface area contributed by atoms with E-state index in [4.69, 9.17) is 4.74 Å². The number of amides is 1. The number of anilines is 1. The van der Waals surface area contributed by atoms with Crippen molar-refractivity contribution in [2.45, 2.75) is 32.6 Å². The molecule has 28 heavy (non-hydrogen) atoms. The summed E-state index contributed by atoms with van der Waals surface area (Å²) in [7, 11) is 0. The minimum atomic E-state index is -1.05. The molecule has 0 unspecified atom stereocenters. The zero-order valence-corrected chi connectivity index (χ0v) is 15.4. The van der Waals surface area contributed by atoms with Crippen LogP contribution in [0.25, 0.3) is 11.6 Å². The van der Waals surface area contributed by atoms with E-state index < -0.39 is 11.9 Å². The first-order valence-electron chi connectivity index (χ1n) is 9.31. The Kier molecular flexibility index (Phi) is 4.50. The van der Waals surface area contributed by atoms with E-state index in [1.54, 1.807) is 19.1 Å². The predicted molar refractivity (Wildman–Crippen MR) is 103 cm³/mol. The molecule has 1 aliphatic carbocycles. The molecule has 1 amide bonds. The first-order chi connectivity index (χ1) is 13.5. The Morgan fingerprint density at radius 3 is 2.68 bits per heavy atom. The quantitative estimate of drug-likeness (QED) is 0.557. The zero-order chi connectivity index (χ0) is 19.8. The maximum absolute atomic E-state index is 12.5. The van der Waals surface area contributed by atoms with Crippen molar-refractivity contribution < 1.29 is 24.2 Å². The number of carbonyl (C=O) groups is 3. The molecule has 3 N–H and O–H groups in total. The van der Waals surface area contributed by atoms with Gasteiger partial charge in [-0.05, 0) is 68.0 Å². The fourth-order valence-corrected chi connectivity index (χ4v) is 3.87. The van der Waals surface area contributed by atoms with Gasteiger partial charge < -0.3 is 20.1 Å². The lowest BCUT2D eigenvalue weighted by molar-refractivity contribution is -0.110. The molecule has 0 atom stereocenters. The van der Waals surface area contributed by atoms with Crippen molar-refractivity contribution in [2.24, 2.45) is 0 Å². The minimum absolute atomic E-state index is 0.113. The number of carboxylic acids is 1. The van der Waals surface area contributed by atoms with E-state index in [1.165, 1.54) is 12.1 Å². The van der Waals surface area contributed by atoms with E-state index in [0.717, 1.165) is 36.8 Å². The van der Waals surface area contributed by atoms with Crippen molar-refractivity contribution in [3.8, 4) is 0 Å². The molecule has 1 aliphatic heterocycles. The summed E-state index contributed by atoms with van der Waals surface area (Å²) in [5.74, 6) is -1.74. The maximum Gasteiger partial charge on any atom is 0.355 e. The number of aromatic carboxylic acids is 1. The highest BCUT2D eigenvalue weighted by atomic mass is 16.5. The van der Waals surface area contributed by atoms with Gasteiger partial charge in [0.05, 0.1) is 17.7 Å². The normalized spacial score (nSPS) is 16.5. The lowest BCUT2D eigenvalue weighted by Crippen LogP contribution is -2.10. The van der Waals surface area contributed by atoms with E-state index >= 15 is 0 Å². The number of esters is 1. The molecule has 2 aliphatic rings. The van der Waals surface area contributed by atoms with Gasteiger partial charge in [-0.1, -0.05) is 0 Å². The summed E-state index contributed by atoms with van der Waals surface area (Å²) >= 11 is 0. The smallest absolute Gasteiger partial charge is 0.355 e. The Balaban J connectivity index is 1.82. The van der Waals surface area contributed by atoms with Gasteiger partial charge in [-0.2, -0.15) is 0 Å². The van der Waals surface area contributed by atoms with Crippen LogP contribution in [0.5, 0.6) is 0 Å². The molecule has 7 heteroatoms. The molecular weight excluding hydrogens is 360 g/mol. The highest BCUT2D eigenvalue weighted by Crippen LogP contribution is 2.36. The molecule has 0 saturated carbocycles. The van der Waals surface area contributed by atoms with E-state index in [9.17, 15) is 19.5 Å². The molecule has 0 bridgehead atoms. The predicted octanol–water partition coefficient (Wildman–Crippen LogP) is 3.26. The van der Waals surface area contributed by atoms with Crippen LogP contribution in [-0.4, -0.2) is 34.5 Å². The Hall–Kier alpha value is -3.35. The number of carboxylic acid groups (broad SMARTS) is 1. The van der Waals surface area contributed by atoms with Crippen LogP contribution in [-0.2, 0) is 22.4 Å². The molecule has 0 spiro atoms. The van der Waals surface area contributed by atoms with E-state index in [1.807, 2.05) is 0 Å². The third-order valence-electron chi connectivity index (χ3n) is 5.17. The van der Waals surface area contributed by atoms with Crippen molar-refractivity contribution in [3.05, 3.63) is 51.8 Å². The van der Waals surface area contributed by atoms with E-state index in [2.05, 4.69) is 10.3 Å². The second-order valence-corrected chi connectivity index (χ2v) is 6.88. The van der Waals surface area contributed by atoms with Gasteiger partial charge in [0, 0.05) is 16.9 Å². The third-order valence-corrected chi connectivity index (χ3v) is 5.17. The number of fused-ring (bicyclic) bond motifs is 2. The molecule has 2 aromatic rings. The van der Waals surface area contributed by atoms with Crippen molar-refractivity contribution in [3.63, 3.8) is 0 Å². The van der Waals surface area contributed by atoms with Crippen LogP contribution in [0.1, 0.15) is 63.0 Å². The van der Waals surface area contributed by atoms with Crippen LogP contribution in [0.3, 0.4) is 0 Å². The van der Waals surface area contributed by atoms with Crippen LogP contribution in [0.2, 0.25) is 0 Å². The highest BCUT2D eigenvalue weighted by molar-refractivity contribution is 6.35. The zero-order valence-electron chi connectivity index (χ0n) is 15.4. The second kappa shape index (κ2) is 6.99. The fourth-order valence-electron chi connectivity index (χ4n) is 3.87. The van der Waals surface area contributed by atoms with Crippen molar-refractivity contribution >= 4 is 35.2 Å². The maximum atomic E-state index is 12.5. The molecular formula is C21H20N2O5. The van der Waals surface area contributed by atoms with Gasteiger partial charge in [0.15, 0.2) is 0 Å². The van der Waals surface area contributed by atoms with Crippen LogP contribution in [0.15, 0.2) is 18.2 Å². The van der Waals surface area contributed by atoms with Crippen LogP contribution < -0.4 is 5.32 Å². The summed E-state index contributed by atoms with van der Waals surface area (Å²) in [4.78, 5) is 39.3. The van der Waals surface area contributed by atoms with Gasteiger partial charge in [0.2, 0.25) is 0 Å². The van der Waals surface area contributed by atoms with E-state index in [-0.39, 0.29) is 18.1 Å². The molecule has 1 aromatic carbocycles. The van der Waals surface area contributed by atoms with Crippen molar-refractivity contribution in [1.82, 2.24) is 4.98 Å². The number of hydrogen-bond donors (Lipinski definition) is 3. The van der Waals surface area contributed by atoms with Gasteiger partial charge in [-0.25, -0.2) is 9.59 Å². The first-order valence-corrected chi connectivity index (χ1v) is 9.31. The number of rotatable bonds is 4. The average Bonchev–Trinajstić information content (AvgIpc) is 3.20. The number of hydrogen-bond acceptors (Lipinski definition) is 4. The summed E-state index contributed by atoms with van der Waals surface area (Å²) in [6, 6.07) is 4.54. The van der Waals surface area contributed by atoms with Crippen molar-refractivity contribution in [1.29, 1.82) is 0 Å². The Morgan fingerprint density at radius 2 is 1.96 bits per heavy atom. The molecule has 0 saturated heterocycles. The molecule has 144 valence electrons. The van der Waals surface area contributed by atoms with E-state index in [0.29, 0.717) is 28.2 Å². The summed E-state index contributed by atoms with van der Waals surface area (Å²) < 4.78 is 5.16. The van der Waals surface area contributed by atoms with Crippen LogP contribution in [0.4, 0.5) is 5.69 Å². The Bertz CT molecular complexity index is 1030. The third kappa shape index (κ3) is 2.98. The van der Waals surface area contributed by atoms with Crippen molar-refractivity contribution in [2.75, 3.05) is 11.9 Å². The van der Waals surface area contributed by atoms with Gasteiger partial charge in [-0.3, -0.25) is 4.79 Å². The Labute approximate surface area is 161 Å². The van der Waals surface area contributed by atoms with Gasteiger partial charge >= 0.3 is 11.9 Å². The molecule has 2 heterocycles. The fraction of sp³-hybridized carbons (Fsp3) is 0.286. The standard InChI is InChI=1S/C21H20N2O5/c1-2-28-21(27)18-13-6-4-3-5-12(13)17(22-18)10-15-14-9-11(20(25)26)7-8-16(14)23-19(15)24/h7-10,22H,2-6H2,1H3,(H,23,24)(H,25,26). The topological polar surface area (TPSA) is 108 Å². The van der Waals surface area contributed by atoms with Gasteiger partial charge in [0.25, 0.3) is 5.91 Å². The molecule has 1 aromatic heterocycles. The molecule has 4 rings (SSSR count). The number of carbonyl (C=O) groups excluding carboxylic acids is 2. The number of aromatic amines is 1. The molecule has 7 nitrogen and oxygen atoms in total. The van der Waals surface area contributed by atoms with Gasteiger partial charge in [0.1, 0.15) is 5.69 Å². The summed E-state index contributed by atoms with van der Waals surface area (Å²) in [5, 5.41) is 12.0.